The Balaban J connectivity index is 0.00000324. The zero-order chi connectivity index (χ0) is 13.2. The fourth-order valence-corrected chi connectivity index (χ4v) is 1.61. The van der Waals surface area contributed by atoms with Gasteiger partial charge in [0, 0.05) is 45.7 Å². The highest BCUT2D eigenvalue weighted by molar-refractivity contribution is 14.0. The second-order valence-corrected chi connectivity index (χ2v) is 4.15. The van der Waals surface area contributed by atoms with E-state index in [1.165, 1.54) is 0 Å². The van der Waals surface area contributed by atoms with Gasteiger partial charge in [0.05, 0.1) is 12.9 Å². The summed E-state index contributed by atoms with van der Waals surface area (Å²) in [5.74, 6) is 0.810. The van der Waals surface area contributed by atoms with Crippen LogP contribution in [-0.4, -0.2) is 48.9 Å². The lowest BCUT2D eigenvalue weighted by Gasteiger charge is -2.17. The number of ether oxygens (including phenoxy) is 1. The number of aryl methyl sites for hydroxylation is 1. The lowest BCUT2D eigenvalue weighted by molar-refractivity contribution is 0.179. The van der Waals surface area contributed by atoms with Gasteiger partial charge in [-0.25, -0.2) is 4.98 Å². The summed E-state index contributed by atoms with van der Waals surface area (Å²) in [6, 6.07) is 0.245. The molecule has 110 valence electrons. The Morgan fingerprint density at radius 1 is 1.53 bits per heavy atom. The van der Waals surface area contributed by atoms with Crippen molar-refractivity contribution in [2.75, 3.05) is 27.3 Å². The van der Waals surface area contributed by atoms with Gasteiger partial charge < -0.3 is 19.9 Å². The molecule has 0 saturated carbocycles. The first-order valence-electron chi connectivity index (χ1n) is 6.18. The number of aliphatic imine (C=N–C) groups is 1. The van der Waals surface area contributed by atoms with Crippen molar-refractivity contribution in [3.8, 4) is 0 Å². The van der Waals surface area contributed by atoms with Gasteiger partial charge in [0.1, 0.15) is 0 Å². The molecule has 19 heavy (non-hydrogen) atoms. The molecule has 0 aliphatic rings. The van der Waals surface area contributed by atoms with Crippen LogP contribution < -0.4 is 10.6 Å². The minimum absolute atomic E-state index is 0. The Hall–Kier alpha value is -0.830. The molecule has 0 aliphatic carbocycles. The topological polar surface area (TPSA) is 63.5 Å². The SMILES string of the molecule is CN=C(NCCCn1ccnc1)NC(C)COC.I. The van der Waals surface area contributed by atoms with Crippen LogP contribution in [0.2, 0.25) is 0 Å². The van der Waals surface area contributed by atoms with Crippen molar-refractivity contribution in [3.05, 3.63) is 18.7 Å². The first-order chi connectivity index (χ1) is 8.76. The highest BCUT2D eigenvalue weighted by atomic mass is 127. The minimum Gasteiger partial charge on any atom is -0.383 e. The number of guanidine groups is 1. The molecule has 0 spiro atoms. The molecule has 0 bridgehead atoms. The molecular formula is C12H24IN5O. The zero-order valence-corrected chi connectivity index (χ0v) is 14.1. The van der Waals surface area contributed by atoms with Crippen molar-refractivity contribution in [1.82, 2.24) is 20.2 Å². The third-order valence-electron chi connectivity index (χ3n) is 2.47. The smallest absolute Gasteiger partial charge is 0.191 e. The number of halogens is 1. The number of nitrogens with zero attached hydrogens (tertiary/aromatic N) is 3. The van der Waals surface area contributed by atoms with E-state index in [1.54, 1.807) is 20.4 Å². The second-order valence-electron chi connectivity index (χ2n) is 4.15. The molecule has 6 nitrogen and oxygen atoms in total. The van der Waals surface area contributed by atoms with E-state index in [0.29, 0.717) is 6.61 Å². The van der Waals surface area contributed by atoms with Crippen molar-refractivity contribution in [1.29, 1.82) is 0 Å². The fourth-order valence-electron chi connectivity index (χ4n) is 1.61. The number of rotatable bonds is 7. The standard InChI is InChI=1S/C12H23N5O.HI/c1-11(9-18-3)16-12(13-2)15-5-4-7-17-8-6-14-10-17;/h6,8,10-11H,4-5,7,9H2,1-3H3,(H2,13,15,16);1H. The number of hydrogen-bond donors (Lipinski definition) is 2. The van der Waals surface area contributed by atoms with Crippen LogP contribution in [-0.2, 0) is 11.3 Å². The van der Waals surface area contributed by atoms with E-state index in [-0.39, 0.29) is 30.0 Å². The van der Waals surface area contributed by atoms with E-state index in [4.69, 9.17) is 4.74 Å². The summed E-state index contributed by atoms with van der Waals surface area (Å²) in [4.78, 5) is 8.17. The van der Waals surface area contributed by atoms with Crippen LogP contribution in [0.25, 0.3) is 0 Å². The molecule has 1 unspecified atom stereocenters. The highest BCUT2D eigenvalue weighted by Crippen LogP contribution is 1.89. The van der Waals surface area contributed by atoms with Crippen LogP contribution >= 0.6 is 24.0 Å². The van der Waals surface area contributed by atoms with Gasteiger partial charge in [-0.2, -0.15) is 0 Å². The lowest BCUT2D eigenvalue weighted by atomic mass is 10.3. The van der Waals surface area contributed by atoms with Gasteiger partial charge in [-0.3, -0.25) is 4.99 Å². The van der Waals surface area contributed by atoms with Gasteiger partial charge in [-0.15, -0.1) is 24.0 Å². The molecule has 0 aliphatic heterocycles. The summed E-state index contributed by atoms with van der Waals surface area (Å²) in [7, 11) is 3.46. The van der Waals surface area contributed by atoms with Gasteiger partial charge in [-0.05, 0) is 13.3 Å². The average Bonchev–Trinajstić information content (AvgIpc) is 2.86. The first kappa shape index (κ1) is 18.2. The molecule has 1 atom stereocenters. The van der Waals surface area contributed by atoms with Crippen molar-refractivity contribution >= 4 is 29.9 Å². The van der Waals surface area contributed by atoms with Crippen molar-refractivity contribution in [2.24, 2.45) is 4.99 Å². The third-order valence-corrected chi connectivity index (χ3v) is 2.47. The van der Waals surface area contributed by atoms with Crippen LogP contribution in [0.1, 0.15) is 13.3 Å². The zero-order valence-electron chi connectivity index (χ0n) is 11.8. The molecule has 1 heterocycles. The summed E-state index contributed by atoms with van der Waals surface area (Å²) in [5.41, 5.74) is 0. The molecule has 1 aromatic heterocycles. The molecule has 1 rings (SSSR count). The number of nitrogens with one attached hydrogen (secondary N) is 2. The van der Waals surface area contributed by atoms with Crippen molar-refractivity contribution in [2.45, 2.75) is 25.9 Å². The van der Waals surface area contributed by atoms with Gasteiger partial charge in [0.25, 0.3) is 0 Å². The van der Waals surface area contributed by atoms with Crippen LogP contribution in [0.15, 0.2) is 23.7 Å². The van der Waals surface area contributed by atoms with Crippen LogP contribution in [0, 0.1) is 0 Å². The highest BCUT2D eigenvalue weighted by Gasteiger charge is 2.03. The third kappa shape index (κ3) is 8.04. The molecule has 1 aromatic rings. The van der Waals surface area contributed by atoms with E-state index < -0.39 is 0 Å². The van der Waals surface area contributed by atoms with E-state index >= 15 is 0 Å². The summed E-state index contributed by atoms with van der Waals surface area (Å²) < 4.78 is 7.13. The van der Waals surface area contributed by atoms with Crippen molar-refractivity contribution < 1.29 is 4.74 Å². The van der Waals surface area contributed by atoms with Gasteiger partial charge in [0.15, 0.2) is 5.96 Å². The molecule has 0 saturated heterocycles. The van der Waals surface area contributed by atoms with Crippen LogP contribution in [0.4, 0.5) is 0 Å². The molecule has 0 radical (unpaired) electrons. The molecular weight excluding hydrogens is 357 g/mol. The Kier molecular flexibility index (Phi) is 10.6. The molecule has 0 amide bonds. The molecule has 0 fully saturated rings. The maximum Gasteiger partial charge on any atom is 0.191 e. The Morgan fingerprint density at radius 2 is 2.32 bits per heavy atom. The Morgan fingerprint density at radius 3 is 2.89 bits per heavy atom. The first-order valence-corrected chi connectivity index (χ1v) is 6.18. The predicted octanol–water partition coefficient (Wildman–Crippen LogP) is 1.09. The van der Waals surface area contributed by atoms with Gasteiger partial charge in [-0.1, -0.05) is 0 Å². The predicted molar refractivity (Wildman–Crippen MR) is 88.1 cm³/mol. The Labute approximate surface area is 132 Å². The number of imidazole rings is 1. The van der Waals surface area contributed by atoms with Gasteiger partial charge >= 0.3 is 0 Å². The Bertz CT molecular complexity index is 342. The number of hydrogen-bond acceptors (Lipinski definition) is 3. The van der Waals surface area contributed by atoms with Gasteiger partial charge in [0.2, 0.25) is 0 Å². The fraction of sp³-hybridized carbons (Fsp3) is 0.667. The minimum atomic E-state index is 0. The van der Waals surface area contributed by atoms with E-state index in [2.05, 4.69) is 32.1 Å². The maximum atomic E-state index is 5.07. The number of aromatic nitrogens is 2. The van der Waals surface area contributed by atoms with Crippen molar-refractivity contribution in [3.63, 3.8) is 0 Å². The molecule has 0 aromatic carbocycles. The average molecular weight is 381 g/mol. The van der Waals surface area contributed by atoms with Crippen LogP contribution in [0.3, 0.4) is 0 Å². The quantitative estimate of drug-likeness (QED) is 0.321. The van der Waals surface area contributed by atoms with E-state index in [0.717, 1.165) is 25.5 Å². The summed E-state index contributed by atoms with van der Waals surface area (Å²) in [6.45, 7) is 4.55. The number of methoxy groups -OCH3 is 1. The second kappa shape index (κ2) is 11.0. The summed E-state index contributed by atoms with van der Waals surface area (Å²) in [6.07, 6.45) is 6.61. The summed E-state index contributed by atoms with van der Waals surface area (Å²) in [5, 5.41) is 6.53. The van der Waals surface area contributed by atoms with E-state index in [9.17, 15) is 0 Å². The lowest BCUT2D eigenvalue weighted by Crippen LogP contribution is -2.44. The van der Waals surface area contributed by atoms with E-state index in [1.807, 2.05) is 12.5 Å². The molecule has 2 N–H and O–H groups in total. The normalized spacial score (nSPS) is 12.7. The van der Waals surface area contributed by atoms with Crippen LogP contribution in [0.5, 0.6) is 0 Å². The summed E-state index contributed by atoms with van der Waals surface area (Å²) >= 11 is 0. The monoisotopic (exact) mass is 381 g/mol. The largest absolute Gasteiger partial charge is 0.383 e. The maximum absolute atomic E-state index is 5.07. The molecule has 7 heteroatoms.